The number of anilines is 1. The number of rotatable bonds is 15. The van der Waals surface area contributed by atoms with Gasteiger partial charge >= 0.3 is 0 Å². The highest BCUT2D eigenvalue weighted by atomic mass is 16.2. The Hall–Kier alpha value is -1.84. The molecule has 0 atom stereocenters. The van der Waals surface area contributed by atoms with Crippen LogP contribution in [-0.2, 0) is 4.79 Å². The summed E-state index contributed by atoms with van der Waals surface area (Å²) in [5, 5.41) is 5.66. The van der Waals surface area contributed by atoms with E-state index in [-0.39, 0.29) is 11.8 Å². The molecule has 0 spiro atoms. The smallest absolute Gasteiger partial charge is 0.251 e. The zero-order chi connectivity index (χ0) is 19.7. The maximum atomic E-state index is 12.0. The van der Waals surface area contributed by atoms with Crippen LogP contribution in [-0.4, -0.2) is 18.4 Å². The molecular formula is C23H38N2O2. The van der Waals surface area contributed by atoms with Gasteiger partial charge in [0.2, 0.25) is 5.91 Å². The summed E-state index contributed by atoms with van der Waals surface area (Å²) in [5.41, 5.74) is 1.36. The van der Waals surface area contributed by atoms with E-state index >= 15 is 0 Å². The molecule has 0 saturated heterocycles. The molecule has 2 N–H and O–H groups in total. The van der Waals surface area contributed by atoms with Gasteiger partial charge in [-0.25, -0.2) is 0 Å². The largest absolute Gasteiger partial charge is 0.352 e. The van der Waals surface area contributed by atoms with Crippen molar-refractivity contribution in [3.05, 3.63) is 29.8 Å². The second-order valence-electron chi connectivity index (χ2n) is 7.27. The number of unbranched alkanes of at least 4 members (excludes halogenated alkanes) is 10. The van der Waals surface area contributed by atoms with Crippen LogP contribution in [0, 0.1) is 0 Å². The number of carbonyl (C=O) groups is 2. The molecule has 1 rings (SSSR count). The third-order valence-electron chi connectivity index (χ3n) is 4.78. The van der Waals surface area contributed by atoms with Crippen molar-refractivity contribution in [1.82, 2.24) is 5.32 Å². The van der Waals surface area contributed by atoms with Gasteiger partial charge in [0.25, 0.3) is 5.91 Å². The van der Waals surface area contributed by atoms with Crippen molar-refractivity contribution in [2.24, 2.45) is 0 Å². The number of nitrogens with one attached hydrogen (secondary N) is 2. The summed E-state index contributed by atoms with van der Waals surface area (Å²) in [6.07, 6.45) is 14.7. The summed E-state index contributed by atoms with van der Waals surface area (Å²) in [5.74, 6) is -0.0342. The Morgan fingerprint density at radius 1 is 0.741 bits per heavy atom. The molecule has 0 aliphatic carbocycles. The molecule has 0 aliphatic heterocycles. The minimum atomic E-state index is -0.0867. The lowest BCUT2D eigenvalue weighted by molar-refractivity contribution is -0.116. The van der Waals surface area contributed by atoms with Gasteiger partial charge in [0, 0.05) is 24.2 Å². The standard InChI is InChI=1S/C23H38N2O2/c1-3-5-6-7-8-9-10-11-12-13-14-15-22(26)25-21-18-16-20(17-19-21)23(27)24-4-2/h16-19H,3-15H2,1-2H3,(H,24,27)(H,25,26). The third kappa shape index (κ3) is 11.5. The molecule has 0 fully saturated rings. The van der Waals surface area contributed by atoms with Gasteiger partial charge in [-0.2, -0.15) is 0 Å². The fraction of sp³-hybridized carbons (Fsp3) is 0.652. The van der Waals surface area contributed by atoms with Crippen molar-refractivity contribution in [3.63, 3.8) is 0 Å². The van der Waals surface area contributed by atoms with Gasteiger partial charge in [0.1, 0.15) is 0 Å². The van der Waals surface area contributed by atoms with Gasteiger partial charge in [-0.15, -0.1) is 0 Å². The second kappa shape index (κ2) is 15.2. The van der Waals surface area contributed by atoms with E-state index in [1.165, 1.54) is 57.8 Å². The molecule has 152 valence electrons. The number of carbonyl (C=O) groups excluding carboxylic acids is 2. The summed E-state index contributed by atoms with van der Waals surface area (Å²) < 4.78 is 0. The highest BCUT2D eigenvalue weighted by Gasteiger charge is 2.05. The van der Waals surface area contributed by atoms with Crippen molar-refractivity contribution in [2.45, 2.75) is 90.9 Å². The van der Waals surface area contributed by atoms with Crippen LogP contribution in [0.2, 0.25) is 0 Å². The molecule has 0 unspecified atom stereocenters. The Morgan fingerprint density at radius 2 is 1.26 bits per heavy atom. The molecule has 1 aromatic carbocycles. The summed E-state index contributed by atoms with van der Waals surface area (Å²) in [6.45, 7) is 4.75. The van der Waals surface area contributed by atoms with Gasteiger partial charge in [-0.3, -0.25) is 9.59 Å². The van der Waals surface area contributed by atoms with Crippen molar-refractivity contribution in [2.75, 3.05) is 11.9 Å². The Labute approximate surface area is 165 Å². The van der Waals surface area contributed by atoms with Crippen LogP contribution < -0.4 is 10.6 Å². The number of hydrogen-bond donors (Lipinski definition) is 2. The van der Waals surface area contributed by atoms with Gasteiger partial charge in [0.15, 0.2) is 0 Å². The van der Waals surface area contributed by atoms with E-state index < -0.39 is 0 Å². The molecule has 4 heteroatoms. The zero-order valence-electron chi connectivity index (χ0n) is 17.3. The van der Waals surface area contributed by atoms with Gasteiger partial charge < -0.3 is 10.6 Å². The summed E-state index contributed by atoms with van der Waals surface area (Å²) in [6, 6.07) is 7.04. The van der Waals surface area contributed by atoms with Crippen LogP contribution >= 0.6 is 0 Å². The van der Waals surface area contributed by atoms with Crippen LogP contribution in [0.25, 0.3) is 0 Å². The van der Waals surface area contributed by atoms with E-state index in [1.807, 2.05) is 6.92 Å². The Morgan fingerprint density at radius 3 is 1.78 bits per heavy atom. The highest BCUT2D eigenvalue weighted by Crippen LogP contribution is 2.13. The van der Waals surface area contributed by atoms with Crippen LogP contribution in [0.5, 0.6) is 0 Å². The average molecular weight is 375 g/mol. The first-order chi connectivity index (χ1) is 13.2. The zero-order valence-corrected chi connectivity index (χ0v) is 17.3. The first kappa shape index (κ1) is 23.2. The third-order valence-corrected chi connectivity index (χ3v) is 4.78. The first-order valence-corrected chi connectivity index (χ1v) is 10.9. The Kier molecular flexibility index (Phi) is 13.1. The van der Waals surface area contributed by atoms with Gasteiger partial charge in [-0.1, -0.05) is 71.1 Å². The average Bonchev–Trinajstić information content (AvgIpc) is 2.67. The van der Waals surface area contributed by atoms with E-state index in [9.17, 15) is 9.59 Å². The minimum Gasteiger partial charge on any atom is -0.352 e. The molecule has 0 radical (unpaired) electrons. The van der Waals surface area contributed by atoms with Crippen molar-refractivity contribution in [1.29, 1.82) is 0 Å². The monoisotopic (exact) mass is 374 g/mol. The van der Waals surface area contributed by atoms with E-state index in [0.717, 1.165) is 18.5 Å². The molecule has 2 amide bonds. The minimum absolute atomic E-state index is 0.0525. The molecular weight excluding hydrogens is 336 g/mol. The van der Waals surface area contributed by atoms with Crippen molar-refractivity contribution < 1.29 is 9.59 Å². The second-order valence-corrected chi connectivity index (χ2v) is 7.27. The fourth-order valence-electron chi connectivity index (χ4n) is 3.14. The summed E-state index contributed by atoms with van der Waals surface area (Å²) in [4.78, 5) is 23.7. The van der Waals surface area contributed by atoms with Crippen molar-refractivity contribution >= 4 is 17.5 Å². The molecule has 4 nitrogen and oxygen atoms in total. The molecule has 27 heavy (non-hydrogen) atoms. The molecule has 0 saturated carbocycles. The number of hydrogen-bond acceptors (Lipinski definition) is 2. The van der Waals surface area contributed by atoms with Gasteiger partial charge in [0.05, 0.1) is 0 Å². The van der Waals surface area contributed by atoms with Crippen LogP contribution in [0.1, 0.15) is 101 Å². The predicted octanol–water partition coefficient (Wildman–Crippen LogP) is 6.08. The topological polar surface area (TPSA) is 58.2 Å². The normalized spacial score (nSPS) is 10.6. The Bertz CT molecular complexity index is 526. The van der Waals surface area contributed by atoms with E-state index in [1.54, 1.807) is 24.3 Å². The predicted molar refractivity (Wildman–Crippen MR) is 114 cm³/mol. The molecule has 0 aromatic heterocycles. The first-order valence-electron chi connectivity index (χ1n) is 10.9. The highest BCUT2D eigenvalue weighted by molar-refractivity contribution is 5.95. The number of benzene rings is 1. The molecule has 0 bridgehead atoms. The molecule has 0 aliphatic rings. The van der Waals surface area contributed by atoms with Crippen LogP contribution in [0.15, 0.2) is 24.3 Å². The molecule has 1 aromatic rings. The Balaban J connectivity index is 2.05. The maximum absolute atomic E-state index is 12.0. The van der Waals surface area contributed by atoms with Crippen LogP contribution in [0.4, 0.5) is 5.69 Å². The van der Waals surface area contributed by atoms with Gasteiger partial charge in [-0.05, 0) is 37.6 Å². The maximum Gasteiger partial charge on any atom is 0.251 e. The molecule has 0 heterocycles. The lowest BCUT2D eigenvalue weighted by Crippen LogP contribution is -2.22. The quantitative estimate of drug-likeness (QED) is 0.366. The lowest BCUT2D eigenvalue weighted by atomic mass is 10.1. The lowest BCUT2D eigenvalue weighted by Gasteiger charge is -2.07. The number of amides is 2. The van der Waals surface area contributed by atoms with E-state index in [0.29, 0.717) is 18.5 Å². The van der Waals surface area contributed by atoms with Crippen LogP contribution in [0.3, 0.4) is 0 Å². The van der Waals surface area contributed by atoms with E-state index in [2.05, 4.69) is 17.6 Å². The summed E-state index contributed by atoms with van der Waals surface area (Å²) >= 11 is 0. The SMILES string of the molecule is CCCCCCCCCCCCCC(=O)Nc1ccc(C(=O)NCC)cc1. The van der Waals surface area contributed by atoms with Crippen molar-refractivity contribution in [3.8, 4) is 0 Å². The summed E-state index contributed by atoms with van der Waals surface area (Å²) in [7, 11) is 0. The van der Waals surface area contributed by atoms with E-state index in [4.69, 9.17) is 0 Å². The fourth-order valence-corrected chi connectivity index (χ4v) is 3.14.